The Balaban J connectivity index is 2.08. The number of benzene rings is 2. The summed E-state index contributed by atoms with van der Waals surface area (Å²) in [5, 5.41) is 12.0. The molecular weight excluding hydrogens is 277 g/mol. The van der Waals surface area contributed by atoms with E-state index in [0.29, 0.717) is 12.1 Å². The van der Waals surface area contributed by atoms with Crippen LogP contribution in [0.25, 0.3) is 0 Å². The fourth-order valence-electron chi connectivity index (χ4n) is 1.89. The van der Waals surface area contributed by atoms with E-state index in [0.717, 1.165) is 28.9 Å². The number of alkyl halides is 3. The summed E-state index contributed by atoms with van der Waals surface area (Å²) in [6.07, 6.45) is -4.32. The lowest BCUT2D eigenvalue weighted by molar-refractivity contribution is -0.137. The van der Waals surface area contributed by atoms with E-state index in [1.807, 2.05) is 13.0 Å². The first-order chi connectivity index (χ1) is 9.90. The van der Waals surface area contributed by atoms with Crippen molar-refractivity contribution in [2.24, 2.45) is 0 Å². The van der Waals surface area contributed by atoms with Crippen LogP contribution in [0.2, 0.25) is 0 Å². The molecule has 0 fully saturated rings. The molecule has 0 amide bonds. The Morgan fingerprint density at radius 1 is 1.10 bits per heavy atom. The van der Waals surface area contributed by atoms with Gasteiger partial charge in [0.05, 0.1) is 17.2 Å². The molecule has 1 N–H and O–H groups in total. The Labute approximate surface area is 120 Å². The first kappa shape index (κ1) is 14.9. The maximum atomic E-state index is 12.5. The van der Waals surface area contributed by atoms with Gasteiger partial charge < -0.3 is 5.32 Å². The standard InChI is InChI=1S/C16H13F3N2/c1-11-2-3-13(9-20)8-15(11)21-10-12-4-6-14(7-5-12)16(17,18)19/h2-8,21H,10H2,1H3. The van der Waals surface area contributed by atoms with E-state index in [1.165, 1.54) is 12.1 Å². The highest BCUT2D eigenvalue weighted by Crippen LogP contribution is 2.29. The molecule has 0 aliphatic carbocycles. The first-order valence-corrected chi connectivity index (χ1v) is 6.31. The van der Waals surface area contributed by atoms with Crippen molar-refractivity contribution < 1.29 is 13.2 Å². The summed E-state index contributed by atoms with van der Waals surface area (Å²) >= 11 is 0. The lowest BCUT2D eigenvalue weighted by atomic mass is 10.1. The summed E-state index contributed by atoms with van der Waals surface area (Å²) in [6.45, 7) is 2.30. The number of hydrogen-bond donors (Lipinski definition) is 1. The molecule has 0 aliphatic rings. The van der Waals surface area contributed by atoms with E-state index >= 15 is 0 Å². The molecule has 0 aromatic heterocycles. The van der Waals surface area contributed by atoms with Crippen molar-refractivity contribution in [2.75, 3.05) is 5.32 Å². The molecule has 0 aliphatic heterocycles. The minimum absolute atomic E-state index is 0.397. The van der Waals surface area contributed by atoms with Crippen LogP contribution >= 0.6 is 0 Å². The second-order valence-electron chi connectivity index (χ2n) is 4.69. The molecule has 108 valence electrons. The van der Waals surface area contributed by atoms with Gasteiger partial charge in [-0.05, 0) is 42.3 Å². The molecule has 0 bridgehead atoms. The molecule has 0 spiro atoms. The van der Waals surface area contributed by atoms with Crippen LogP contribution in [0.4, 0.5) is 18.9 Å². The van der Waals surface area contributed by atoms with Crippen LogP contribution in [0.15, 0.2) is 42.5 Å². The average Bonchev–Trinajstić information content (AvgIpc) is 2.46. The summed E-state index contributed by atoms with van der Waals surface area (Å²) in [6, 6.07) is 12.3. The van der Waals surface area contributed by atoms with E-state index in [1.54, 1.807) is 12.1 Å². The fraction of sp³-hybridized carbons (Fsp3) is 0.188. The zero-order chi connectivity index (χ0) is 15.5. The summed E-state index contributed by atoms with van der Waals surface area (Å²) < 4.78 is 37.4. The summed E-state index contributed by atoms with van der Waals surface area (Å²) in [4.78, 5) is 0. The van der Waals surface area contributed by atoms with Gasteiger partial charge in [0.25, 0.3) is 0 Å². The first-order valence-electron chi connectivity index (χ1n) is 6.31. The summed E-state index contributed by atoms with van der Waals surface area (Å²) in [7, 11) is 0. The molecule has 5 heteroatoms. The second-order valence-corrected chi connectivity index (χ2v) is 4.69. The number of nitriles is 1. The third-order valence-corrected chi connectivity index (χ3v) is 3.13. The van der Waals surface area contributed by atoms with Gasteiger partial charge in [0.2, 0.25) is 0 Å². The normalized spacial score (nSPS) is 11.0. The van der Waals surface area contributed by atoms with Gasteiger partial charge >= 0.3 is 6.18 Å². The molecule has 2 aromatic rings. The Kier molecular flexibility index (Phi) is 4.18. The molecule has 0 unspecified atom stereocenters. The topological polar surface area (TPSA) is 35.8 Å². The number of hydrogen-bond acceptors (Lipinski definition) is 2. The van der Waals surface area contributed by atoms with E-state index < -0.39 is 11.7 Å². The Hall–Kier alpha value is -2.48. The van der Waals surface area contributed by atoms with Crippen LogP contribution in [0, 0.1) is 18.3 Å². The molecule has 0 saturated heterocycles. The monoisotopic (exact) mass is 290 g/mol. The Morgan fingerprint density at radius 2 is 1.76 bits per heavy atom. The van der Waals surface area contributed by atoms with Crippen LogP contribution < -0.4 is 5.32 Å². The number of anilines is 1. The predicted molar refractivity (Wildman–Crippen MR) is 74.7 cm³/mol. The SMILES string of the molecule is Cc1ccc(C#N)cc1NCc1ccc(C(F)(F)F)cc1. The predicted octanol–water partition coefficient (Wildman–Crippen LogP) is 4.50. The van der Waals surface area contributed by atoms with Crippen molar-refractivity contribution in [3.8, 4) is 6.07 Å². The minimum Gasteiger partial charge on any atom is -0.381 e. The molecule has 0 saturated carbocycles. The highest BCUT2D eigenvalue weighted by atomic mass is 19.4. The van der Waals surface area contributed by atoms with Gasteiger partial charge in [0, 0.05) is 12.2 Å². The maximum absolute atomic E-state index is 12.5. The number of rotatable bonds is 3. The zero-order valence-corrected chi connectivity index (χ0v) is 11.3. The lowest BCUT2D eigenvalue weighted by Crippen LogP contribution is -2.06. The van der Waals surface area contributed by atoms with Gasteiger partial charge in [-0.3, -0.25) is 0 Å². The van der Waals surface area contributed by atoms with Crippen LogP contribution in [-0.4, -0.2) is 0 Å². The number of halogens is 3. The van der Waals surface area contributed by atoms with Gasteiger partial charge in [0.15, 0.2) is 0 Å². The van der Waals surface area contributed by atoms with E-state index in [2.05, 4.69) is 11.4 Å². The van der Waals surface area contributed by atoms with Gasteiger partial charge in [-0.2, -0.15) is 18.4 Å². The Morgan fingerprint density at radius 3 is 2.33 bits per heavy atom. The average molecular weight is 290 g/mol. The molecule has 2 rings (SSSR count). The van der Waals surface area contributed by atoms with E-state index in [9.17, 15) is 13.2 Å². The van der Waals surface area contributed by atoms with Crippen LogP contribution in [0.5, 0.6) is 0 Å². The molecule has 0 radical (unpaired) electrons. The van der Waals surface area contributed by atoms with Gasteiger partial charge in [-0.1, -0.05) is 18.2 Å². The highest BCUT2D eigenvalue weighted by Gasteiger charge is 2.29. The molecular formula is C16H13F3N2. The van der Waals surface area contributed by atoms with Crippen molar-refractivity contribution in [1.29, 1.82) is 5.26 Å². The van der Waals surface area contributed by atoms with Crippen molar-refractivity contribution >= 4 is 5.69 Å². The van der Waals surface area contributed by atoms with Crippen LogP contribution in [-0.2, 0) is 12.7 Å². The molecule has 0 heterocycles. The van der Waals surface area contributed by atoms with E-state index in [-0.39, 0.29) is 0 Å². The summed E-state index contributed by atoms with van der Waals surface area (Å²) in [5.74, 6) is 0. The van der Waals surface area contributed by atoms with Gasteiger partial charge in [-0.15, -0.1) is 0 Å². The van der Waals surface area contributed by atoms with Gasteiger partial charge in [0.1, 0.15) is 0 Å². The highest BCUT2D eigenvalue weighted by molar-refractivity contribution is 5.55. The zero-order valence-electron chi connectivity index (χ0n) is 11.3. The molecule has 2 nitrogen and oxygen atoms in total. The largest absolute Gasteiger partial charge is 0.416 e. The number of aryl methyl sites for hydroxylation is 1. The lowest BCUT2D eigenvalue weighted by Gasteiger charge is -2.11. The fourth-order valence-corrected chi connectivity index (χ4v) is 1.89. The number of nitrogens with zero attached hydrogens (tertiary/aromatic N) is 1. The van der Waals surface area contributed by atoms with Crippen LogP contribution in [0.1, 0.15) is 22.3 Å². The molecule has 21 heavy (non-hydrogen) atoms. The van der Waals surface area contributed by atoms with Gasteiger partial charge in [-0.25, -0.2) is 0 Å². The van der Waals surface area contributed by atoms with Crippen LogP contribution in [0.3, 0.4) is 0 Å². The van der Waals surface area contributed by atoms with Crippen molar-refractivity contribution in [1.82, 2.24) is 0 Å². The van der Waals surface area contributed by atoms with E-state index in [4.69, 9.17) is 5.26 Å². The summed E-state index contributed by atoms with van der Waals surface area (Å²) in [5.41, 5.74) is 2.39. The Bertz CT molecular complexity index is 667. The van der Waals surface area contributed by atoms with Crippen molar-refractivity contribution in [3.05, 3.63) is 64.7 Å². The quantitative estimate of drug-likeness (QED) is 0.903. The third kappa shape index (κ3) is 3.76. The number of nitrogens with one attached hydrogen (secondary N) is 1. The van der Waals surface area contributed by atoms with Crippen molar-refractivity contribution in [3.63, 3.8) is 0 Å². The minimum atomic E-state index is -4.32. The second kappa shape index (κ2) is 5.88. The molecule has 0 atom stereocenters. The molecule has 2 aromatic carbocycles. The third-order valence-electron chi connectivity index (χ3n) is 3.13. The smallest absolute Gasteiger partial charge is 0.381 e. The van der Waals surface area contributed by atoms with Crippen molar-refractivity contribution in [2.45, 2.75) is 19.6 Å². The maximum Gasteiger partial charge on any atom is 0.416 e.